The zero-order valence-corrected chi connectivity index (χ0v) is 19.5. The Morgan fingerprint density at radius 3 is 2.44 bits per heavy atom. The van der Waals surface area contributed by atoms with Crippen LogP contribution in [0.1, 0.15) is 39.1 Å². The lowest BCUT2D eigenvalue weighted by Crippen LogP contribution is -2.48. The zero-order valence-electron chi connectivity index (χ0n) is 18.7. The number of hydrogen-bond donors (Lipinski definition) is 0. The van der Waals surface area contributed by atoms with Crippen molar-refractivity contribution >= 4 is 17.7 Å². The van der Waals surface area contributed by atoms with Crippen LogP contribution < -0.4 is 0 Å². The molecule has 2 aliphatic rings. The standard InChI is InChI=1S/C27H31N3OS/c1-28-14-7-12-25(28)26-24(20-29-16-18-32-19-17-29)22-10-5-6-11-23(22)27(31)30(26)15-13-21-8-3-2-4-9-21/h2-12,14,24,26H,13,15-20H2,1H3/t24-,26-/m0/s1. The molecule has 2 aliphatic heterocycles. The fraction of sp³-hybridized carbons (Fsp3) is 0.370. The van der Waals surface area contributed by atoms with Crippen LogP contribution in [-0.2, 0) is 13.5 Å². The molecule has 1 amide bonds. The molecule has 0 radical (unpaired) electrons. The van der Waals surface area contributed by atoms with E-state index in [1.165, 1.54) is 28.3 Å². The highest BCUT2D eigenvalue weighted by Gasteiger charge is 2.42. The van der Waals surface area contributed by atoms with Gasteiger partial charge in [0, 0.05) is 68.1 Å². The second kappa shape index (κ2) is 9.55. The summed E-state index contributed by atoms with van der Waals surface area (Å²) in [5.74, 6) is 2.81. The van der Waals surface area contributed by atoms with Crippen molar-refractivity contribution in [1.82, 2.24) is 14.4 Å². The van der Waals surface area contributed by atoms with Crippen molar-refractivity contribution in [3.8, 4) is 0 Å². The number of benzene rings is 2. The van der Waals surface area contributed by atoms with E-state index in [0.717, 1.165) is 38.2 Å². The molecular weight excluding hydrogens is 414 g/mol. The fourth-order valence-corrected chi connectivity index (χ4v) is 6.20. The molecule has 5 heteroatoms. The molecule has 32 heavy (non-hydrogen) atoms. The summed E-state index contributed by atoms with van der Waals surface area (Å²) in [5, 5.41) is 0. The van der Waals surface area contributed by atoms with Crippen LogP contribution in [-0.4, -0.2) is 58.0 Å². The predicted octanol–water partition coefficient (Wildman–Crippen LogP) is 4.60. The maximum Gasteiger partial charge on any atom is 0.254 e. The van der Waals surface area contributed by atoms with Crippen molar-refractivity contribution in [3.05, 3.63) is 95.3 Å². The Morgan fingerprint density at radius 2 is 1.69 bits per heavy atom. The summed E-state index contributed by atoms with van der Waals surface area (Å²) >= 11 is 2.04. The molecular formula is C27H31N3OS. The Kier molecular flexibility index (Phi) is 6.37. The number of fused-ring (bicyclic) bond motifs is 1. The number of rotatable bonds is 6. The summed E-state index contributed by atoms with van der Waals surface area (Å²) in [6.45, 7) is 3.96. The third-order valence-electron chi connectivity index (χ3n) is 6.90. The fourth-order valence-electron chi connectivity index (χ4n) is 5.23. The summed E-state index contributed by atoms with van der Waals surface area (Å²) in [6.07, 6.45) is 2.97. The summed E-state index contributed by atoms with van der Waals surface area (Å²) in [6, 6.07) is 23.1. The van der Waals surface area contributed by atoms with E-state index in [2.05, 4.69) is 76.1 Å². The van der Waals surface area contributed by atoms with E-state index in [0.29, 0.717) is 0 Å². The third kappa shape index (κ3) is 4.24. The van der Waals surface area contributed by atoms with E-state index < -0.39 is 0 Å². The Morgan fingerprint density at radius 1 is 0.938 bits per heavy atom. The van der Waals surface area contributed by atoms with Gasteiger partial charge < -0.3 is 14.4 Å². The smallest absolute Gasteiger partial charge is 0.254 e. The molecule has 0 bridgehead atoms. The van der Waals surface area contributed by atoms with Gasteiger partial charge in [-0.25, -0.2) is 0 Å². The van der Waals surface area contributed by atoms with Crippen molar-refractivity contribution < 1.29 is 4.79 Å². The SMILES string of the molecule is Cn1cccc1[C@@H]1[C@@H](CN2CCSCC2)c2ccccc2C(=O)N1CCc1ccccc1. The number of carbonyl (C=O) groups excluding carboxylic acids is 1. The Bertz CT molecular complexity index is 1060. The first-order valence-corrected chi connectivity index (χ1v) is 12.7. The molecule has 0 aliphatic carbocycles. The van der Waals surface area contributed by atoms with Gasteiger partial charge in [-0.15, -0.1) is 0 Å². The van der Waals surface area contributed by atoms with Crippen LogP contribution in [0.3, 0.4) is 0 Å². The maximum atomic E-state index is 13.8. The van der Waals surface area contributed by atoms with Crippen LogP contribution in [0.2, 0.25) is 0 Å². The van der Waals surface area contributed by atoms with Gasteiger partial charge in [-0.2, -0.15) is 11.8 Å². The molecule has 0 saturated carbocycles. The van der Waals surface area contributed by atoms with Crippen molar-refractivity contribution in [2.75, 3.05) is 37.7 Å². The highest BCUT2D eigenvalue weighted by molar-refractivity contribution is 7.99. The third-order valence-corrected chi connectivity index (χ3v) is 7.84. The molecule has 3 heterocycles. The van der Waals surface area contributed by atoms with Crippen LogP contribution in [0.15, 0.2) is 72.9 Å². The highest BCUT2D eigenvalue weighted by atomic mass is 32.2. The minimum absolute atomic E-state index is 0.0377. The summed E-state index contributed by atoms with van der Waals surface area (Å²) in [4.78, 5) is 18.5. The number of carbonyl (C=O) groups is 1. The van der Waals surface area contributed by atoms with Crippen LogP contribution in [0.4, 0.5) is 0 Å². The van der Waals surface area contributed by atoms with E-state index in [1.54, 1.807) is 0 Å². The first-order valence-electron chi connectivity index (χ1n) is 11.6. The Hall–Kier alpha value is -2.50. The zero-order chi connectivity index (χ0) is 21.9. The first-order chi connectivity index (χ1) is 15.7. The van der Waals surface area contributed by atoms with Gasteiger partial charge >= 0.3 is 0 Å². The number of aryl methyl sites for hydroxylation is 1. The predicted molar refractivity (Wildman–Crippen MR) is 132 cm³/mol. The van der Waals surface area contributed by atoms with Gasteiger partial charge in [0.1, 0.15) is 0 Å². The molecule has 1 fully saturated rings. The van der Waals surface area contributed by atoms with Crippen LogP contribution in [0, 0.1) is 0 Å². The number of amides is 1. The summed E-state index contributed by atoms with van der Waals surface area (Å²) in [7, 11) is 2.10. The minimum atomic E-state index is 0.0377. The lowest BCUT2D eigenvalue weighted by molar-refractivity contribution is 0.0574. The first kappa shape index (κ1) is 21.4. The van der Waals surface area contributed by atoms with Crippen LogP contribution >= 0.6 is 11.8 Å². The van der Waals surface area contributed by atoms with Crippen molar-refractivity contribution in [3.63, 3.8) is 0 Å². The lowest BCUT2D eigenvalue weighted by Gasteiger charge is -2.44. The average Bonchev–Trinajstić information content (AvgIpc) is 3.26. The van der Waals surface area contributed by atoms with E-state index in [9.17, 15) is 4.79 Å². The molecule has 5 rings (SSSR count). The van der Waals surface area contributed by atoms with E-state index in [-0.39, 0.29) is 17.9 Å². The summed E-state index contributed by atoms with van der Waals surface area (Å²) in [5.41, 5.74) is 4.58. The molecule has 2 atom stereocenters. The lowest BCUT2D eigenvalue weighted by atomic mass is 9.80. The van der Waals surface area contributed by atoms with Crippen molar-refractivity contribution in [2.24, 2.45) is 7.05 Å². The van der Waals surface area contributed by atoms with Gasteiger partial charge in [0.2, 0.25) is 0 Å². The van der Waals surface area contributed by atoms with Gasteiger partial charge in [0.25, 0.3) is 5.91 Å². The minimum Gasteiger partial charge on any atom is -0.353 e. The topological polar surface area (TPSA) is 28.5 Å². The van der Waals surface area contributed by atoms with Crippen molar-refractivity contribution in [2.45, 2.75) is 18.4 Å². The van der Waals surface area contributed by atoms with Crippen LogP contribution in [0.5, 0.6) is 0 Å². The number of hydrogen-bond acceptors (Lipinski definition) is 3. The normalized spacial score (nSPS) is 21.5. The molecule has 2 aromatic carbocycles. The summed E-state index contributed by atoms with van der Waals surface area (Å²) < 4.78 is 2.19. The molecule has 4 nitrogen and oxygen atoms in total. The maximum absolute atomic E-state index is 13.8. The monoisotopic (exact) mass is 445 g/mol. The largest absolute Gasteiger partial charge is 0.353 e. The Balaban J connectivity index is 1.54. The van der Waals surface area contributed by atoms with Gasteiger partial charge in [0.05, 0.1) is 6.04 Å². The molecule has 0 N–H and O–H groups in total. The molecule has 0 spiro atoms. The van der Waals surface area contributed by atoms with Crippen LogP contribution in [0.25, 0.3) is 0 Å². The second-order valence-corrected chi connectivity index (χ2v) is 10.1. The number of aromatic nitrogens is 1. The number of nitrogens with zero attached hydrogens (tertiary/aromatic N) is 3. The molecule has 166 valence electrons. The Labute approximate surface area is 195 Å². The van der Waals surface area contributed by atoms with E-state index in [1.807, 2.05) is 30.0 Å². The van der Waals surface area contributed by atoms with Gasteiger partial charge in [-0.1, -0.05) is 48.5 Å². The number of thioether (sulfide) groups is 1. The highest BCUT2D eigenvalue weighted by Crippen LogP contribution is 2.43. The quantitative estimate of drug-likeness (QED) is 0.555. The van der Waals surface area contributed by atoms with Gasteiger partial charge in [-0.05, 0) is 35.7 Å². The molecule has 1 saturated heterocycles. The second-order valence-electron chi connectivity index (χ2n) is 8.83. The van der Waals surface area contributed by atoms with E-state index >= 15 is 0 Å². The van der Waals surface area contributed by atoms with Gasteiger partial charge in [0.15, 0.2) is 0 Å². The van der Waals surface area contributed by atoms with Gasteiger partial charge in [-0.3, -0.25) is 4.79 Å². The van der Waals surface area contributed by atoms with E-state index in [4.69, 9.17) is 0 Å². The molecule has 0 unspecified atom stereocenters. The average molecular weight is 446 g/mol. The van der Waals surface area contributed by atoms with Crippen molar-refractivity contribution in [1.29, 1.82) is 0 Å². The molecule has 1 aromatic heterocycles. The molecule has 3 aromatic rings.